The number of carbonyl (C=O) groups excluding carboxylic acids is 3. The maximum atomic E-state index is 12.6. The van der Waals surface area contributed by atoms with Gasteiger partial charge in [-0.05, 0) is 24.6 Å². The normalized spacial score (nSPS) is 16.3. The van der Waals surface area contributed by atoms with Gasteiger partial charge >= 0.3 is 0 Å². The van der Waals surface area contributed by atoms with Gasteiger partial charge in [0.05, 0.1) is 18.4 Å². The molecule has 1 aromatic rings. The Bertz CT molecular complexity index is 648. The van der Waals surface area contributed by atoms with Crippen LogP contribution in [0.15, 0.2) is 18.4 Å². The number of rotatable bonds is 4. The average molecular weight is 341 g/mol. The van der Waals surface area contributed by atoms with Crippen molar-refractivity contribution in [3.8, 4) is 0 Å². The molecule has 0 bridgehead atoms. The summed E-state index contributed by atoms with van der Waals surface area (Å²) in [5, 5.41) is 0.452. The third-order valence-electron chi connectivity index (χ3n) is 3.52. The topological polar surface area (TPSA) is 60.4 Å². The predicted octanol–water partition coefficient (Wildman–Crippen LogP) is 3.73. The molecule has 0 aromatic heterocycles. The Morgan fingerprint density at radius 1 is 1.23 bits per heavy atom. The van der Waals surface area contributed by atoms with E-state index in [0.717, 1.165) is 0 Å². The Morgan fingerprint density at radius 3 is 2.45 bits per heavy atom. The zero-order valence-electron chi connectivity index (χ0n) is 11.9. The van der Waals surface area contributed by atoms with Crippen LogP contribution in [0.25, 0.3) is 6.08 Å². The van der Waals surface area contributed by atoms with E-state index >= 15 is 0 Å². The van der Waals surface area contributed by atoms with Crippen LogP contribution < -0.4 is 0 Å². The summed E-state index contributed by atoms with van der Waals surface area (Å²) in [6, 6.07) is 2.94. The summed E-state index contributed by atoms with van der Waals surface area (Å²) in [6.45, 7) is 0. The van der Waals surface area contributed by atoms with Crippen molar-refractivity contribution in [2.24, 2.45) is 5.92 Å². The molecular formula is C16H14Cl2O4. The number of hydrogen-bond acceptors (Lipinski definition) is 4. The predicted molar refractivity (Wildman–Crippen MR) is 84.2 cm³/mol. The molecule has 0 atom stereocenters. The number of ketones is 3. The van der Waals surface area contributed by atoms with E-state index < -0.39 is 11.7 Å². The van der Waals surface area contributed by atoms with E-state index in [0.29, 0.717) is 17.0 Å². The molecule has 0 N–H and O–H groups in total. The van der Waals surface area contributed by atoms with Crippen LogP contribution in [-0.4, -0.2) is 24.5 Å². The molecule has 1 saturated carbocycles. The quantitative estimate of drug-likeness (QED) is 0.476. The van der Waals surface area contributed by atoms with Crippen LogP contribution in [0.2, 0.25) is 10.0 Å². The van der Waals surface area contributed by atoms with Gasteiger partial charge in [-0.15, -0.1) is 0 Å². The number of benzene rings is 1. The maximum Gasteiger partial charge on any atom is 0.182 e. The van der Waals surface area contributed by atoms with E-state index in [1.165, 1.54) is 31.6 Å². The van der Waals surface area contributed by atoms with Crippen molar-refractivity contribution in [3.63, 3.8) is 0 Å². The maximum absolute atomic E-state index is 12.6. The van der Waals surface area contributed by atoms with Gasteiger partial charge in [-0.25, -0.2) is 0 Å². The van der Waals surface area contributed by atoms with Gasteiger partial charge < -0.3 is 4.74 Å². The molecule has 1 aromatic carbocycles. The molecule has 1 aliphatic carbocycles. The van der Waals surface area contributed by atoms with Gasteiger partial charge in [-0.3, -0.25) is 14.4 Å². The van der Waals surface area contributed by atoms with Gasteiger partial charge in [0, 0.05) is 29.0 Å². The summed E-state index contributed by atoms with van der Waals surface area (Å²) in [5.41, 5.74) is 0.530. The lowest BCUT2D eigenvalue weighted by molar-refractivity contribution is -0.133. The highest BCUT2D eigenvalue weighted by molar-refractivity contribution is 6.40. The van der Waals surface area contributed by atoms with Crippen molar-refractivity contribution in [3.05, 3.63) is 39.6 Å². The largest absolute Gasteiger partial charge is 0.504 e. The van der Waals surface area contributed by atoms with E-state index in [9.17, 15) is 14.4 Å². The summed E-state index contributed by atoms with van der Waals surface area (Å²) < 4.78 is 4.82. The molecule has 6 heteroatoms. The van der Waals surface area contributed by atoms with E-state index in [4.69, 9.17) is 27.9 Å². The van der Waals surface area contributed by atoms with Crippen LogP contribution in [0.5, 0.6) is 0 Å². The minimum atomic E-state index is -1.24. The van der Waals surface area contributed by atoms with E-state index in [1.54, 1.807) is 0 Å². The second kappa shape index (κ2) is 7.07. The zero-order valence-corrected chi connectivity index (χ0v) is 13.4. The molecule has 4 nitrogen and oxygen atoms in total. The fourth-order valence-electron chi connectivity index (χ4n) is 2.40. The Morgan fingerprint density at radius 2 is 1.86 bits per heavy atom. The number of halogens is 2. The first kappa shape index (κ1) is 16.7. The molecule has 0 spiro atoms. The number of hydrogen-bond donors (Lipinski definition) is 0. The third-order valence-corrected chi connectivity index (χ3v) is 4.25. The number of Topliss-reactive ketones (excluding diaryl/α,β-unsaturated/α-hetero) is 3. The summed E-state index contributed by atoms with van der Waals surface area (Å²) in [4.78, 5) is 36.4. The number of carbonyl (C=O) groups is 3. The summed E-state index contributed by atoms with van der Waals surface area (Å²) in [6.07, 6.45) is 3.87. The zero-order chi connectivity index (χ0) is 16.3. The summed E-state index contributed by atoms with van der Waals surface area (Å²) in [7, 11) is 1.46. The Kier molecular flexibility index (Phi) is 5.37. The van der Waals surface area contributed by atoms with Crippen molar-refractivity contribution in [2.45, 2.75) is 19.3 Å². The van der Waals surface area contributed by atoms with Crippen LogP contribution in [0.4, 0.5) is 0 Å². The number of methoxy groups -OCH3 is 1. The Balaban J connectivity index is 2.44. The molecule has 0 radical (unpaired) electrons. The van der Waals surface area contributed by atoms with Crippen molar-refractivity contribution in [1.82, 2.24) is 0 Å². The van der Waals surface area contributed by atoms with Gasteiger partial charge in [-0.1, -0.05) is 23.2 Å². The van der Waals surface area contributed by atoms with Gasteiger partial charge in [0.2, 0.25) is 0 Å². The second-order valence-corrected chi connectivity index (χ2v) is 5.73. The minimum absolute atomic E-state index is 0.108. The third kappa shape index (κ3) is 3.23. The molecule has 0 aliphatic heterocycles. The Labute approximate surface area is 138 Å². The fourth-order valence-corrected chi connectivity index (χ4v) is 2.99. The Hall–Kier alpha value is -1.65. The summed E-state index contributed by atoms with van der Waals surface area (Å²) in [5.74, 6) is -2.50. The van der Waals surface area contributed by atoms with Crippen LogP contribution in [0, 0.1) is 5.92 Å². The first-order valence-corrected chi connectivity index (χ1v) is 7.50. The van der Waals surface area contributed by atoms with Gasteiger partial charge in [0.25, 0.3) is 0 Å². The van der Waals surface area contributed by atoms with Crippen molar-refractivity contribution >= 4 is 46.6 Å². The highest BCUT2D eigenvalue weighted by atomic mass is 35.5. The van der Waals surface area contributed by atoms with E-state index in [1.807, 2.05) is 0 Å². The number of ether oxygens (including phenoxy) is 1. The van der Waals surface area contributed by atoms with Gasteiger partial charge in [-0.2, -0.15) is 0 Å². The SMILES string of the molecule is COC=Cc1c(Cl)ccc(C(=O)C2C(=O)CCCC2=O)c1Cl. The van der Waals surface area contributed by atoms with Crippen molar-refractivity contribution < 1.29 is 19.1 Å². The van der Waals surface area contributed by atoms with Gasteiger partial charge in [0.1, 0.15) is 5.92 Å². The summed E-state index contributed by atoms with van der Waals surface area (Å²) >= 11 is 12.3. The molecule has 0 amide bonds. The fraction of sp³-hybridized carbons (Fsp3) is 0.312. The molecule has 0 heterocycles. The molecule has 2 rings (SSSR count). The molecule has 0 saturated heterocycles. The lowest BCUT2D eigenvalue weighted by Crippen LogP contribution is -2.35. The average Bonchev–Trinajstić information content (AvgIpc) is 2.47. The van der Waals surface area contributed by atoms with Crippen molar-refractivity contribution in [2.75, 3.05) is 7.11 Å². The lowest BCUT2D eigenvalue weighted by atomic mass is 9.81. The molecular weight excluding hydrogens is 327 g/mol. The van der Waals surface area contributed by atoms with Crippen LogP contribution in [0.1, 0.15) is 35.2 Å². The first-order valence-electron chi connectivity index (χ1n) is 6.74. The van der Waals surface area contributed by atoms with E-state index in [2.05, 4.69) is 0 Å². The van der Waals surface area contributed by atoms with Crippen LogP contribution in [-0.2, 0) is 14.3 Å². The smallest absolute Gasteiger partial charge is 0.182 e. The molecule has 116 valence electrons. The van der Waals surface area contributed by atoms with Crippen LogP contribution in [0.3, 0.4) is 0 Å². The minimum Gasteiger partial charge on any atom is -0.504 e. The van der Waals surface area contributed by atoms with E-state index in [-0.39, 0.29) is 35.0 Å². The molecule has 1 fully saturated rings. The molecule has 22 heavy (non-hydrogen) atoms. The monoisotopic (exact) mass is 340 g/mol. The highest BCUT2D eigenvalue weighted by Crippen LogP contribution is 2.32. The highest BCUT2D eigenvalue weighted by Gasteiger charge is 2.37. The standard InChI is InChI=1S/C16H14Cl2O4/c1-22-8-7-9-11(17)6-5-10(15(9)18)16(21)14-12(19)3-2-4-13(14)20/h5-8,14H,2-4H2,1H3. The van der Waals surface area contributed by atoms with Crippen molar-refractivity contribution in [1.29, 1.82) is 0 Å². The molecule has 1 aliphatic rings. The second-order valence-electron chi connectivity index (χ2n) is 4.94. The van der Waals surface area contributed by atoms with Gasteiger partial charge in [0.15, 0.2) is 17.3 Å². The lowest BCUT2D eigenvalue weighted by Gasteiger charge is -2.19. The first-order chi connectivity index (χ1) is 10.5. The molecule has 0 unspecified atom stereocenters. The van der Waals surface area contributed by atoms with Crippen LogP contribution >= 0.6 is 23.2 Å².